The van der Waals surface area contributed by atoms with Crippen molar-refractivity contribution in [1.29, 1.82) is 0 Å². The number of hydrogen-bond donors (Lipinski definition) is 0. The summed E-state index contributed by atoms with van der Waals surface area (Å²) in [6.45, 7) is 0. The molecule has 8 rings (SSSR count). The normalized spacial score (nSPS) is 11.1. The van der Waals surface area contributed by atoms with Crippen LogP contribution in [0, 0.1) is 17.9 Å². The summed E-state index contributed by atoms with van der Waals surface area (Å²) in [6.07, 6.45) is 3.63. The summed E-state index contributed by atoms with van der Waals surface area (Å²) in [4.78, 5) is 8.86. The topological polar surface area (TPSA) is 25.8 Å². The molecule has 0 aliphatic rings. The van der Waals surface area contributed by atoms with E-state index >= 15 is 0 Å². The van der Waals surface area contributed by atoms with Gasteiger partial charge in [0.1, 0.15) is 0 Å². The minimum atomic E-state index is -0.271. The first-order chi connectivity index (χ1) is 18.3. The molecule has 0 unspecified atom stereocenters. The molecule has 0 atom stereocenters. The van der Waals surface area contributed by atoms with Crippen LogP contribution in [0.25, 0.3) is 65.3 Å². The fourth-order valence-electron chi connectivity index (χ4n) is 5.31. The summed E-state index contributed by atoms with van der Waals surface area (Å²) < 4.78 is 13.9. The quantitative estimate of drug-likeness (QED) is 0.0995. The number of pyridine rings is 2. The van der Waals surface area contributed by atoms with Gasteiger partial charge >= 0.3 is 0 Å². The Hall–Kier alpha value is -4.24. The summed E-state index contributed by atoms with van der Waals surface area (Å²) in [6, 6.07) is 39.7. The predicted molar refractivity (Wildman–Crippen MR) is 150 cm³/mol. The van der Waals surface area contributed by atoms with Crippen molar-refractivity contribution in [1.82, 2.24) is 9.97 Å². The SMILES string of the molecule is Fc1c[c-]c2c(c1)c1cccc3c4ccccc4c4ccnc2c4c13.[Ir].[c-]1ccccc1-c1ccccn1. The number of hydrogen-bond acceptors (Lipinski definition) is 2. The van der Waals surface area contributed by atoms with E-state index in [1.807, 2.05) is 54.7 Å². The maximum absolute atomic E-state index is 13.9. The molecule has 0 aliphatic carbocycles. The molecule has 8 aromatic rings. The van der Waals surface area contributed by atoms with Crippen LogP contribution in [-0.2, 0) is 20.1 Å². The third kappa shape index (κ3) is 3.90. The van der Waals surface area contributed by atoms with Crippen molar-refractivity contribution < 1.29 is 24.5 Å². The fraction of sp³-hybridized carbons (Fsp3) is 0. The van der Waals surface area contributed by atoms with Gasteiger partial charge in [0.05, 0.1) is 0 Å². The molecule has 0 bridgehead atoms. The second-order valence-electron chi connectivity index (χ2n) is 8.95. The van der Waals surface area contributed by atoms with Gasteiger partial charge in [0.2, 0.25) is 0 Å². The van der Waals surface area contributed by atoms with E-state index < -0.39 is 0 Å². The van der Waals surface area contributed by atoms with Gasteiger partial charge in [0.15, 0.2) is 0 Å². The van der Waals surface area contributed by atoms with Crippen molar-refractivity contribution in [3.8, 4) is 11.3 Å². The first-order valence-corrected chi connectivity index (χ1v) is 12.1. The van der Waals surface area contributed by atoms with Crippen LogP contribution in [0.5, 0.6) is 0 Å². The Labute approximate surface area is 232 Å². The smallest absolute Gasteiger partial charge is 0.0385 e. The Morgan fingerprint density at radius 1 is 0.579 bits per heavy atom. The minimum Gasteiger partial charge on any atom is -0.305 e. The van der Waals surface area contributed by atoms with Gasteiger partial charge in [-0.05, 0) is 55.7 Å². The number of aromatic nitrogens is 2. The van der Waals surface area contributed by atoms with E-state index in [0.717, 1.165) is 43.7 Å². The Bertz CT molecular complexity index is 2000. The predicted octanol–water partition coefficient (Wildman–Crippen LogP) is 8.77. The molecule has 0 N–H and O–H groups in total. The molecule has 38 heavy (non-hydrogen) atoms. The third-order valence-corrected chi connectivity index (χ3v) is 6.86. The summed E-state index contributed by atoms with van der Waals surface area (Å²) in [5, 5.41) is 9.90. The number of fused-ring (bicyclic) bond motifs is 6. The second-order valence-corrected chi connectivity index (χ2v) is 8.95. The average Bonchev–Trinajstić information content (AvgIpc) is 2.98. The number of nitrogens with zero attached hydrogens (tertiary/aromatic N) is 2. The maximum atomic E-state index is 13.9. The Balaban J connectivity index is 0.000000172. The molecule has 4 heteroatoms. The van der Waals surface area contributed by atoms with E-state index in [1.54, 1.807) is 12.3 Å². The van der Waals surface area contributed by atoms with E-state index in [1.165, 1.54) is 27.6 Å². The average molecular weight is 667 g/mol. The molecule has 0 aliphatic heterocycles. The molecule has 2 nitrogen and oxygen atoms in total. The molecule has 0 saturated carbocycles. The summed E-state index contributed by atoms with van der Waals surface area (Å²) >= 11 is 0. The molecule has 0 fully saturated rings. The molecule has 2 aromatic heterocycles. The van der Waals surface area contributed by atoms with Gasteiger partial charge in [-0.15, -0.1) is 59.5 Å². The van der Waals surface area contributed by atoms with Crippen molar-refractivity contribution >= 4 is 54.0 Å². The van der Waals surface area contributed by atoms with Crippen molar-refractivity contribution in [2.24, 2.45) is 0 Å². The van der Waals surface area contributed by atoms with Gasteiger partial charge in [0, 0.05) is 38.3 Å². The van der Waals surface area contributed by atoms with Crippen molar-refractivity contribution in [3.63, 3.8) is 0 Å². The number of rotatable bonds is 1. The Morgan fingerprint density at radius 3 is 2.03 bits per heavy atom. The van der Waals surface area contributed by atoms with Crippen LogP contribution in [0.4, 0.5) is 4.39 Å². The largest absolute Gasteiger partial charge is 0.305 e. The first kappa shape index (κ1) is 24.1. The molecular formula is C34H19FIrN2-2. The van der Waals surface area contributed by atoms with E-state index in [0.29, 0.717) is 0 Å². The molecule has 183 valence electrons. The Morgan fingerprint density at radius 2 is 1.29 bits per heavy atom. The van der Waals surface area contributed by atoms with Crippen molar-refractivity contribution in [3.05, 3.63) is 133 Å². The summed E-state index contributed by atoms with van der Waals surface area (Å²) in [7, 11) is 0. The third-order valence-electron chi connectivity index (χ3n) is 6.86. The van der Waals surface area contributed by atoms with Gasteiger partial charge < -0.3 is 9.97 Å². The zero-order valence-corrected chi connectivity index (χ0v) is 22.5. The van der Waals surface area contributed by atoms with Crippen LogP contribution in [-0.4, -0.2) is 9.97 Å². The van der Waals surface area contributed by atoms with Crippen LogP contribution < -0.4 is 0 Å². The summed E-state index contributed by atoms with van der Waals surface area (Å²) in [5.41, 5.74) is 2.90. The zero-order chi connectivity index (χ0) is 24.8. The number of halogens is 1. The van der Waals surface area contributed by atoms with Crippen LogP contribution >= 0.6 is 0 Å². The van der Waals surface area contributed by atoms with Crippen LogP contribution in [0.15, 0.2) is 116 Å². The van der Waals surface area contributed by atoms with Crippen LogP contribution in [0.1, 0.15) is 0 Å². The van der Waals surface area contributed by atoms with Gasteiger partial charge in [-0.25, -0.2) is 0 Å². The molecular weight excluding hydrogens is 648 g/mol. The molecule has 1 radical (unpaired) electrons. The number of benzene rings is 6. The van der Waals surface area contributed by atoms with Gasteiger partial charge in [-0.2, -0.15) is 0 Å². The second kappa shape index (κ2) is 9.90. The first-order valence-electron chi connectivity index (χ1n) is 12.1. The molecule has 0 spiro atoms. The van der Waals surface area contributed by atoms with E-state index in [4.69, 9.17) is 0 Å². The standard InChI is InChI=1S/C23H11FN.C11H8N.Ir/c24-13-8-9-19-20(12-13)17-7-3-6-16-14-4-1-2-5-15(14)18-10-11-25-23(19)22(18)21(16)17;1-2-6-10(7-3-1)11-8-4-5-9-12-11;/h1-8,10-12H;1-6,8-9H;/q2*-1;. The zero-order valence-electron chi connectivity index (χ0n) is 20.1. The van der Waals surface area contributed by atoms with Gasteiger partial charge in [0.25, 0.3) is 0 Å². The minimum absolute atomic E-state index is 0. The monoisotopic (exact) mass is 667 g/mol. The van der Waals surface area contributed by atoms with E-state index in [9.17, 15) is 4.39 Å². The summed E-state index contributed by atoms with van der Waals surface area (Å²) in [5.74, 6) is -0.271. The van der Waals surface area contributed by atoms with Gasteiger partial charge in [-0.3, -0.25) is 4.39 Å². The molecule has 0 saturated heterocycles. The maximum Gasteiger partial charge on any atom is 0.0385 e. The Kier molecular flexibility index (Phi) is 6.29. The molecule has 2 heterocycles. The van der Waals surface area contributed by atoms with Crippen LogP contribution in [0.3, 0.4) is 0 Å². The van der Waals surface area contributed by atoms with E-state index in [-0.39, 0.29) is 25.9 Å². The molecule has 0 amide bonds. The molecule has 6 aromatic carbocycles. The fourth-order valence-corrected chi connectivity index (χ4v) is 5.31. The van der Waals surface area contributed by atoms with Crippen LogP contribution in [0.2, 0.25) is 0 Å². The van der Waals surface area contributed by atoms with E-state index in [2.05, 4.69) is 64.6 Å². The van der Waals surface area contributed by atoms with Crippen molar-refractivity contribution in [2.75, 3.05) is 0 Å². The van der Waals surface area contributed by atoms with Crippen molar-refractivity contribution in [2.45, 2.75) is 0 Å². The van der Waals surface area contributed by atoms with Gasteiger partial charge in [-0.1, -0.05) is 65.4 Å².